The van der Waals surface area contributed by atoms with Crippen LogP contribution in [0.3, 0.4) is 0 Å². The standard InChI is InChI=1S/C18H17N3O2/c1-2-12-5-3-7-14-15(9-20-17(12)14)16(22)11-21-8-4-6-13(10-21)18(19)23/h3-10H,2,11H2,1H3,(H2-,19,20,22,23)/p+1. The topological polar surface area (TPSA) is 79.8 Å². The SMILES string of the molecule is CCc1cccc2c(C(=O)C[n+]3cccc(C(N)=O)c3)c[nH]c12. The van der Waals surface area contributed by atoms with Gasteiger partial charge in [-0.1, -0.05) is 25.1 Å². The Kier molecular flexibility index (Phi) is 3.93. The summed E-state index contributed by atoms with van der Waals surface area (Å²) >= 11 is 0. The highest BCUT2D eigenvalue weighted by Crippen LogP contribution is 2.22. The molecule has 2 heterocycles. The monoisotopic (exact) mass is 308 g/mol. The normalized spacial score (nSPS) is 10.8. The number of aromatic nitrogens is 2. The van der Waals surface area contributed by atoms with Crippen LogP contribution in [0, 0.1) is 0 Å². The maximum absolute atomic E-state index is 12.6. The number of nitrogens with one attached hydrogen (secondary N) is 1. The number of carbonyl (C=O) groups is 2. The average molecular weight is 308 g/mol. The lowest BCUT2D eigenvalue weighted by atomic mass is 10.0. The molecule has 0 saturated carbocycles. The molecule has 3 rings (SSSR count). The number of primary amides is 1. The van der Waals surface area contributed by atoms with E-state index in [1.807, 2.05) is 12.1 Å². The van der Waals surface area contributed by atoms with Crippen molar-refractivity contribution in [1.29, 1.82) is 0 Å². The van der Waals surface area contributed by atoms with Crippen LogP contribution in [-0.4, -0.2) is 16.7 Å². The van der Waals surface area contributed by atoms with Gasteiger partial charge < -0.3 is 10.7 Å². The summed E-state index contributed by atoms with van der Waals surface area (Å²) in [5, 5.41) is 0.931. The minimum absolute atomic E-state index is 0.0175. The summed E-state index contributed by atoms with van der Waals surface area (Å²) in [5.41, 5.74) is 8.51. The second-order valence-corrected chi connectivity index (χ2v) is 5.45. The molecule has 3 N–H and O–H groups in total. The van der Waals surface area contributed by atoms with E-state index in [9.17, 15) is 9.59 Å². The Morgan fingerprint density at radius 2 is 2.04 bits per heavy atom. The number of carbonyl (C=O) groups excluding carboxylic acids is 2. The third-order valence-electron chi connectivity index (χ3n) is 3.95. The van der Waals surface area contributed by atoms with E-state index in [4.69, 9.17) is 5.73 Å². The molecular weight excluding hydrogens is 290 g/mol. The number of para-hydroxylation sites is 1. The number of aromatic amines is 1. The lowest BCUT2D eigenvalue weighted by Gasteiger charge is -2.01. The van der Waals surface area contributed by atoms with Crippen LogP contribution in [0.2, 0.25) is 0 Å². The van der Waals surface area contributed by atoms with Gasteiger partial charge in [0.25, 0.3) is 5.91 Å². The average Bonchev–Trinajstić information content (AvgIpc) is 2.99. The van der Waals surface area contributed by atoms with Gasteiger partial charge >= 0.3 is 0 Å². The van der Waals surface area contributed by atoms with Gasteiger partial charge in [0.1, 0.15) is 5.56 Å². The zero-order chi connectivity index (χ0) is 16.4. The number of hydrogen-bond donors (Lipinski definition) is 2. The Hall–Kier alpha value is -2.95. The number of benzene rings is 1. The van der Waals surface area contributed by atoms with Crippen molar-refractivity contribution < 1.29 is 14.2 Å². The van der Waals surface area contributed by atoms with Crippen molar-refractivity contribution in [1.82, 2.24) is 4.98 Å². The fraction of sp³-hybridized carbons (Fsp3) is 0.167. The molecule has 0 unspecified atom stereocenters. The van der Waals surface area contributed by atoms with Crippen LogP contribution >= 0.6 is 0 Å². The number of rotatable bonds is 5. The van der Waals surface area contributed by atoms with Crippen LogP contribution in [-0.2, 0) is 13.0 Å². The molecule has 116 valence electrons. The molecule has 0 aliphatic heterocycles. The second-order valence-electron chi connectivity index (χ2n) is 5.45. The van der Waals surface area contributed by atoms with Gasteiger partial charge in [0, 0.05) is 28.7 Å². The van der Waals surface area contributed by atoms with Gasteiger partial charge in [-0.2, -0.15) is 4.57 Å². The summed E-state index contributed by atoms with van der Waals surface area (Å²) in [6, 6.07) is 9.30. The molecule has 0 aliphatic carbocycles. The van der Waals surface area contributed by atoms with Gasteiger partial charge in [-0.15, -0.1) is 0 Å². The fourth-order valence-electron chi connectivity index (χ4n) is 2.76. The highest BCUT2D eigenvalue weighted by atomic mass is 16.1. The number of hydrogen-bond acceptors (Lipinski definition) is 2. The second kappa shape index (κ2) is 6.04. The summed E-state index contributed by atoms with van der Waals surface area (Å²) < 4.78 is 1.67. The van der Waals surface area contributed by atoms with E-state index in [0.29, 0.717) is 11.1 Å². The molecule has 1 amide bonds. The Morgan fingerprint density at radius 3 is 2.78 bits per heavy atom. The Morgan fingerprint density at radius 1 is 1.22 bits per heavy atom. The lowest BCUT2D eigenvalue weighted by molar-refractivity contribution is -0.683. The molecule has 0 spiro atoms. The highest BCUT2D eigenvalue weighted by Gasteiger charge is 2.18. The van der Waals surface area contributed by atoms with Crippen LogP contribution in [0.25, 0.3) is 10.9 Å². The van der Waals surface area contributed by atoms with Gasteiger partial charge in [0.15, 0.2) is 12.4 Å². The maximum atomic E-state index is 12.6. The Bertz CT molecular complexity index is 896. The third kappa shape index (κ3) is 2.85. The minimum atomic E-state index is -0.508. The molecule has 0 aliphatic rings. The molecule has 5 nitrogen and oxygen atoms in total. The summed E-state index contributed by atoms with van der Waals surface area (Å²) in [6.07, 6.45) is 5.99. The van der Waals surface area contributed by atoms with Gasteiger partial charge in [-0.25, -0.2) is 0 Å². The van der Waals surface area contributed by atoms with Gasteiger partial charge in [-0.3, -0.25) is 9.59 Å². The Labute approximate surface area is 133 Å². The van der Waals surface area contributed by atoms with E-state index in [0.717, 1.165) is 17.3 Å². The van der Waals surface area contributed by atoms with Crippen molar-refractivity contribution in [2.24, 2.45) is 5.73 Å². The number of Topliss-reactive ketones (excluding diaryl/α,β-unsaturated/α-hetero) is 1. The molecule has 23 heavy (non-hydrogen) atoms. The number of H-pyrrole nitrogens is 1. The molecular formula is C18H18N3O2+. The van der Waals surface area contributed by atoms with Crippen LogP contribution < -0.4 is 10.3 Å². The van der Waals surface area contributed by atoms with Crippen molar-refractivity contribution in [2.75, 3.05) is 0 Å². The van der Waals surface area contributed by atoms with Crippen molar-refractivity contribution in [2.45, 2.75) is 19.9 Å². The first-order chi connectivity index (χ1) is 11.1. The number of aryl methyl sites for hydroxylation is 1. The fourth-order valence-corrected chi connectivity index (χ4v) is 2.76. The van der Waals surface area contributed by atoms with Crippen LogP contribution in [0.1, 0.15) is 33.2 Å². The van der Waals surface area contributed by atoms with Crippen molar-refractivity contribution >= 4 is 22.6 Å². The number of amides is 1. The van der Waals surface area contributed by atoms with Crippen LogP contribution in [0.15, 0.2) is 48.9 Å². The molecule has 0 radical (unpaired) electrons. The first-order valence-electron chi connectivity index (χ1n) is 7.51. The molecule has 0 bridgehead atoms. The summed E-state index contributed by atoms with van der Waals surface area (Å²) in [7, 11) is 0. The lowest BCUT2D eigenvalue weighted by Crippen LogP contribution is -2.38. The predicted molar refractivity (Wildman–Crippen MR) is 87.2 cm³/mol. The van der Waals surface area contributed by atoms with E-state index in [-0.39, 0.29) is 12.3 Å². The van der Waals surface area contributed by atoms with E-state index in [1.165, 1.54) is 5.56 Å². The molecule has 0 saturated heterocycles. The van der Waals surface area contributed by atoms with E-state index >= 15 is 0 Å². The number of pyridine rings is 1. The smallest absolute Gasteiger partial charge is 0.254 e. The summed E-state index contributed by atoms with van der Waals surface area (Å²) in [5.74, 6) is -0.525. The van der Waals surface area contributed by atoms with Gasteiger partial charge in [0.2, 0.25) is 12.3 Å². The predicted octanol–water partition coefficient (Wildman–Crippen LogP) is 2.00. The van der Waals surface area contributed by atoms with Crippen LogP contribution in [0.4, 0.5) is 0 Å². The zero-order valence-electron chi connectivity index (χ0n) is 12.9. The molecule has 1 aromatic carbocycles. The highest BCUT2D eigenvalue weighted by molar-refractivity contribution is 6.07. The van der Waals surface area contributed by atoms with E-state index < -0.39 is 5.91 Å². The first kappa shape index (κ1) is 15.0. The minimum Gasteiger partial charge on any atom is -0.365 e. The van der Waals surface area contributed by atoms with Crippen molar-refractivity contribution in [3.05, 3.63) is 65.6 Å². The third-order valence-corrected chi connectivity index (χ3v) is 3.95. The molecule has 3 aromatic rings. The van der Waals surface area contributed by atoms with Crippen molar-refractivity contribution in [3.63, 3.8) is 0 Å². The molecule has 2 aromatic heterocycles. The first-order valence-corrected chi connectivity index (χ1v) is 7.51. The molecule has 0 atom stereocenters. The maximum Gasteiger partial charge on any atom is 0.254 e. The number of nitrogens with zero attached hydrogens (tertiary/aromatic N) is 1. The largest absolute Gasteiger partial charge is 0.365 e. The van der Waals surface area contributed by atoms with Gasteiger partial charge in [0.05, 0.1) is 0 Å². The summed E-state index contributed by atoms with van der Waals surface area (Å²) in [6.45, 7) is 2.24. The molecule has 0 fully saturated rings. The zero-order valence-corrected chi connectivity index (χ0v) is 12.9. The number of ketones is 1. The molecule has 5 heteroatoms. The number of nitrogens with two attached hydrogens (primary N) is 1. The number of fused-ring (bicyclic) bond motifs is 1. The van der Waals surface area contributed by atoms with Crippen molar-refractivity contribution in [3.8, 4) is 0 Å². The van der Waals surface area contributed by atoms with Crippen LogP contribution in [0.5, 0.6) is 0 Å². The van der Waals surface area contributed by atoms with E-state index in [1.54, 1.807) is 35.3 Å². The van der Waals surface area contributed by atoms with E-state index in [2.05, 4.69) is 18.0 Å². The summed E-state index contributed by atoms with van der Waals surface area (Å²) in [4.78, 5) is 27.0. The quantitative estimate of drug-likeness (QED) is 0.558. The van der Waals surface area contributed by atoms with Gasteiger partial charge in [-0.05, 0) is 18.1 Å². The Balaban J connectivity index is 1.92.